The van der Waals surface area contributed by atoms with Gasteiger partial charge >= 0.3 is 0 Å². The average Bonchev–Trinajstić information content (AvgIpc) is 1.83. The predicted octanol–water partition coefficient (Wildman–Crippen LogP) is 3.21. The molecule has 0 amide bonds. The fraction of sp³-hybridized carbons (Fsp3) is 0.500. The monoisotopic (exact) mass is 180 g/mol. The van der Waals surface area contributed by atoms with Gasteiger partial charge in [0.25, 0.3) is 0 Å². The second-order valence-electron chi connectivity index (χ2n) is 1.66. The summed E-state index contributed by atoms with van der Waals surface area (Å²) in [6, 6.07) is 0. The van der Waals surface area contributed by atoms with Gasteiger partial charge in [0, 0.05) is 5.75 Å². The summed E-state index contributed by atoms with van der Waals surface area (Å²) in [7, 11) is 0. The molecule has 0 aliphatic rings. The zero-order valence-electron chi connectivity index (χ0n) is 5.48. The Balaban J connectivity index is 3.39. The molecule has 0 bridgehead atoms. The van der Waals surface area contributed by atoms with Crippen molar-refractivity contribution in [1.82, 2.24) is 0 Å². The molecule has 0 saturated carbocycles. The second-order valence-corrected chi connectivity index (χ2v) is 4.14. The highest BCUT2D eigenvalue weighted by atomic mass is 35.5. The van der Waals surface area contributed by atoms with Crippen LogP contribution in [0.25, 0.3) is 0 Å². The number of halogens is 1. The molecule has 9 heavy (non-hydrogen) atoms. The van der Waals surface area contributed by atoms with Gasteiger partial charge in [0.2, 0.25) is 0 Å². The summed E-state index contributed by atoms with van der Waals surface area (Å²) in [6.07, 6.45) is 2.06. The van der Waals surface area contributed by atoms with Crippen LogP contribution in [0.1, 0.15) is 13.8 Å². The van der Waals surface area contributed by atoms with Gasteiger partial charge in [-0.25, -0.2) is 0 Å². The van der Waals surface area contributed by atoms with E-state index in [-0.39, 0.29) is 0 Å². The third-order valence-electron chi connectivity index (χ3n) is 0.906. The van der Waals surface area contributed by atoms with E-state index in [1.165, 1.54) is 17.3 Å². The molecular weight excluding hydrogens is 172 g/mol. The molecule has 0 aromatic carbocycles. The number of rotatable bonds is 2. The summed E-state index contributed by atoms with van der Waals surface area (Å²) < 4.78 is 0.496. The molecule has 0 rings (SSSR count). The van der Waals surface area contributed by atoms with E-state index in [2.05, 4.69) is 25.2 Å². The van der Waals surface area contributed by atoms with Gasteiger partial charge in [-0.3, -0.25) is 0 Å². The first-order valence-corrected chi connectivity index (χ1v) is 4.38. The second kappa shape index (κ2) is 5.27. The Bertz CT molecular complexity index is 129. The molecule has 0 atom stereocenters. The van der Waals surface area contributed by atoms with Crippen molar-refractivity contribution in [2.45, 2.75) is 13.8 Å². The van der Waals surface area contributed by atoms with Crippen LogP contribution in [-0.4, -0.2) is 9.41 Å². The molecule has 0 unspecified atom stereocenters. The van der Waals surface area contributed by atoms with E-state index >= 15 is 0 Å². The van der Waals surface area contributed by atoms with Crippen molar-refractivity contribution < 1.29 is 0 Å². The maximum atomic E-state index is 5.45. The van der Waals surface area contributed by atoms with Gasteiger partial charge in [0.1, 0.15) is 3.66 Å². The van der Waals surface area contributed by atoms with Crippen molar-refractivity contribution in [2.75, 3.05) is 5.75 Å². The molecule has 0 aromatic rings. The van der Waals surface area contributed by atoms with Gasteiger partial charge < -0.3 is 0 Å². The summed E-state index contributed by atoms with van der Waals surface area (Å²) in [6.45, 7) is 4.06. The molecule has 0 aliphatic heterocycles. The number of thiocarbonyl (C=S) groups is 1. The minimum absolute atomic E-state index is 0.496. The van der Waals surface area contributed by atoms with E-state index in [9.17, 15) is 0 Å². The topological polar surface area (TPSA) is 0 Å². The molecule has 0 N–H and O–H groups in total. The first kappa shape index (κ1) is 9.47. The molecule has 0 nitrogen and oxygen atoms in total. The largest absolute Gasteiger partial charge is 0.137 e. The molecular formula is C6H9ClS2. The fourth-order valence-electron chi connectivity index (χ4n) is 0.254. The van der Waals surface area contributed by atoms with E-state index < -0.39 is 0 Å². The van der Waals surface area contributed by atoms with Crippen LogP contribution in [0.15, 0.2) is 11.6 Å². The minimum Gasteiger partial charge on any atom is -0.0981 e. The molecule has 0 fully saturated rings. The maximum absolute atomic E-state index is 5.45. The normalized spacial score (nSPS) is 11.7. The average molecular weight is 181 g/mol. The predicted molar refractivity (Wildman–Crippen MR) is 50.3 cm³/mol. The van der Waals surface area contributed by atoms with E-state index in [1.54, 1.807) is 0 Å². The van der Waals surface area contributed by atoms with E-state index in [1.807, 2.05) is 6.92 Å². The lowest BCUT2D eigenvalue weighted by molar-refractivity contribution is 1.38. The maximum Gasteiger partial charge on any atom is 0.137 e. The summed E-state index contributed by atoms with van der Waals surface area (Å²) in [5.41, 5.74) is 1.31. The molecule has 3 heteroatoms. The Morgan fingerprint density at radius 2 is 2.33 bits per heavy atom. The Morgan fingerprint density at radius 1 is 1.78 bits per heavy atom. The fourth-order valence-corrected chi connectivity index (χ4v) is 1.10. The SMILES string of the molecule is CC=C(C)CSC(=S)Cl. The van der Waals surface area contributed by atoms with Crippen molar-refractivity contribution in [3.63, 3.8) is 0 Å². The van der Waals surface area contributed by atoms with Crippen molar-refractivity contribution in [2.24, 2.45) is 0 Å². The Labute approximate surface area is 70.7 Å². The van der Waals surface area contributed by atoms with Crippen molar-refractivity contribution in [1.29, 1.82) is 0 Å². The van der Waals surface area contributed by atoms with Gasteiger partial charge in [-0.15, -0.1) is 0 Å². The number of thioether (sulfide) groups is 1. The van der Waals surface area contributed by atoms with Gasteiger partial charge in [0.15, 0.2) is 0 Å². The van der Waals surface area contributed by atoms with Crippen LogP contribution in [0.3, 0.4) is 0 Å². The first-order chi connectivity index (χ1) is 4.16. The summed E-state index contributed by atoms with van der Waals surface area (Å²) >= 11 is 11.6. The zero-order chi connectivity index (χ0) is 7.28. The molecule has 0 spiro atoms. The standard InChI is InChI=1S/C6H9ClS2/c1-3-5(2)4-9-6(7)8/h3H,4H2,1-2H3. The zero-order valence-corrected chi connectivity index (χ0v) is 7.87. The van der Waals surface area contributed by atoms with Gasteiger partial charge in [-0.05, 0) is 13.8 Å². The van der Waals surface area contributed by atoms with Crippen molar-refractivity contribution in [3.05, 3.63) is 11.6 Å². The summed E-state index contributed by atoms with van der Waals surface area (Å²) in [4.78, 5) is 0. The molecule has 0 aromatic heterocycles. The van der Waals surface area contributed by atoms with Gasteiger partial charge in [0.05, 0.1) is 0 Å². The molecule has 0 radical (unpaired) electrons. The van der Waals surface area contributed by atoms with Crippen LogP contribution in [0.5, 0.6) is 0 Å². The van der Waals surface area contributed by atoms with Crippen LogP contribution < -0.4 is 0 Å². The lowest BCUT2D eigenvalue weighted by Gasteiger charge is -1.94. The van der Waals surface area contributed by atoms with E-state index in [0.717, 1.165) is 5.75 Å². The van der Waals surface area contributed by atoms with Gasteiger partial charge in [-0.1, -0.05) is 47.2 Å². The van der Waals surface area contributed by atoms with Crippen LogP contribution in [0.2, 0.25) is 0 Å². The Kier molecular flexibility index (Phi) is 5.55. The molecule has 0 heterocycles. The first-order valence-electron chi connectivity index (χ1n) is 2.61. The van der Waals surface area contributed by atoms with E-state index in [4.69, 9.17) is 11.6 Å². The van der Waals surface area contributed by atoms with Crippen LogP contribution in [-0.2, 0) is 0 Å². The smallest absolute Gasteiger partial charge is 0.0981 e. The Morgan fingerprint density at radius 3 is 2.67 bits per heavy atom. The number of allylic oxidation sites excluding steroid dienone is 1. The highest BCUT2D eigenvalue weighted by molar-refractivity contribution is 8.26. The third-order valence-corrected chi connectivity index (χ3v) is 2.41. The highest BCUT2D eigenvalue weighted by Gasteiger charge is 1.91. The number of hydrogen-bond donors (Lipinski definition) is 0. The van der Waals surface area contributed by atoms with Crippen LogP contribution >= 0.6 is 35.6 Å². The summed E-state index contributed by atoms with van der Waals surface area (Å²) in [5.74, 6) is 0.916. The van der Waals surface area contributed by atoms with Crippen LogP contribution in [0.4, 0.5) is 0 Å². The van der Waals surface area contributed by atoms with Crippen molar-refractivity contribution >= 4 is 39.2 Å². The third kappa shape index (κ3) is 6.35. The summed E-state index contributed by atoms with van der Waals surface area (Å²) in [5, 5.41) is 0. The van der Waals surface area contributed by atoms with Crippen molar-refractivity contribution in [3.8, 4) is 0 Å². The van der Waals surface area contributed by atoms with Gasteiger partial charge in [-0.2, -0.15) is 0 Å². The quantitative estimate of drug-likeness (QED) is 0.364. The molecule has 0 aliphatic carbocycles. The Hall–Kier alpha value is 0.470. The minimum atomic E-state index is 0.496. The lowest BCUT2D eigenvalue weighted by Crippen LogP contribution is -1.81. The highest BCUT2D eigenvalue weighted by Crippen LogP contribution is 2.11. The van der Waals surface area contributed by atoms with Crippen LogP contribution in [0, 0.1) is 0 Å². The molecule has 0 saturated heterocycles. The molecule has 52 valence electrons. The lowest BCUT2D eigenvalue weighted by atomic mass is 10.3. The van der Waals surface area contributed by atoms with E-state index in [0.29, 0.717) is 3.66 Å². The number of hydrogen-bond acceptors (Lipinski definition) is 2.